The van der Waals surface area contributed by atoms with Gasteiger partial charge in [-0.1, -0.05) is 66.7 Å². The van der Waals surface area contributed by atoms with Gasteiger partial charge in [-0.05, 0) is 41.0 Å². The maximum Gasteiger partial charge on any atom is 0.0522 e. The van der Waals surface area contributed by atoms with E-state index >= 15 is 0 Å². The molecule has 0 amide bonds. The SMILES string of the molecule is C=C(c1cccc(Cl)c1)[C@@H](c1ccccc1)c1ccccn1. The van der Waals surface area contributed by atoms with E-state index in [1.54, 1.807) is 0 Å². The van der Waals surface area contributed by atoms with Crippen molar-refractivity contribution in [1.29, 1.82) is 0 Å². The van der Waals surface area contributed by atoms with E-state index in [0.717, 1.165) is 16.8 Å². The molecule has 0 fully saturated rings. The smallest absolute Gasteiger partial charge is 0.0522 e. The molecular formula is C20H16ClN. The Morgan fingerprint density at radius 1 is 0.909 bits per heavy atom. The molecule has 0 radical (unpaired) electrons. The number of rotatable bonds is 4. The fourth-order valence-corrected chi connectivity index (χ4v) is 2.79. The largest absolute Gasteiger partial charge is 0.260 e. The van der Waals surface area contributed by atoms with Crippen LogP contribution in [0.4, 0.5) is 0 Å². The highest BCUT2D eigenvalue weighted by Crippen LogP contribution is 2.36. The molecule has 0 bridgehead atoms. The average molecular weight is 306 g/mol. The second-order valence-electron chi connectivity index (χ2n) is 5.13. The van der Waals surface area contributed by atoms with Crippen LogP contribution in [0.15, 0.2) is 85.6 Å². The summed E-state index contributed by atoms with van der Waals surface area (Å²) in [6.45, 7) is 4.32. The summed E-state index contributed by atoms with van der Waals surface area (Å²) in [6.07, 6.45) is 1.82. The quantitative estimate of drug-likeness (QED) is 0.613. The van der Waals surface area contributed by atoms with Crippen molar-refractivity contribution in [2.45, 2.75) is 5.92 Å². The Morgan fingerprint density at radius 2 is 1.68 bits per heavy atom. The zero-order chi connectivity index (χ0) is 15.4. The van der Waals surface area contributed by atoms with Crippen molar-refractivity contribution in [3.63, 3.8) is 0 Å². The van der Waals surface area contributed by atoms with Crippen molar-refractivity contribution < 1.29 is 0 Å². The molecule has 3 rings (SSSR count). The predicted molar refractivity (Wildman–Crippen MR) is 93.0 cm³/mol. The van der Waals surface area contributed by atoms with Gasteiger partial charge in [-0.2, -0.15) is 0 Å². The van der Waals surface area contributed by atoms with Gasteiger partial charge in [0, 0.05) is 11.2 Å². The highest BCUT2D eigenvalue weighted by atomic mass is 35.5. The molecule has 108 valence electrons. The summed E-state index contributed by atoms with van der Waals surface area (Å²) in [6, 6.07) is 24.1. The maximum absolute atomic E-state index is 6.13. The monoisotopic (exact) mass is 305 g/mol. The molecule has 0 saturated heterocycles. The van der Waals surface area contributed by atoms with E-state index in [1.807, 2.05) is 66.9 Å². The molecule has 0 aliphatic carbocycles. The Balaban J connectivity index is 2.08. The minimum atomic E-state index is 0.0147. The zero-order valence-electron chi connectivity index (χ0n) is 12.1. The lowest BCUT2D eigenvalue weighted by Crippen LogP contribution is -2.05. The number of nitrogens with zero attached hydrogens (tertiary/aromatic N) is 1. The summed E-state index contributed by atoms with van der Waals surface area (Å²) < 4.78 is 0. The summed E-state index contributed by atoms with van der Waals surface area (Å²) in [4.78, 5) is 4.53. The van der Waals surface area contributed by atoms with Gasteiger partial charge in [0.25, 0.3) is 0 Å². The fourth-order valence-electron chi connectivity index (χ4n) is 2.60. The predicted octanol–water partition coefficient (Wildman–Crippen LogP) is 5.58. The van der Waals surface area contributed by atoms with Crippen molar-refractivity contribution in [1.82, 2.24) is 4.98 Å². The van der Waals surface area contributed by atoms with Gasteiger partial charge in [0.15, 0.2) is 0 Å². The number of benzene rings is 2. The molecule has 1 atom stereocenters. The summed E-state index contributed by atoms with van der Waals surface area (Å²) in [5, 5.41) is 0.714. The van der Waals surface area contributed by atoms with Gasteiger partial charge >= 0.3 is 0 Å². The van der Waals surface area contributed by atoms with Crippen LogP contribution < -0.4 is 0 Å². The summed E-state index contributed by atoms with van der Waals surface area (Å²) in [7, 11) is 0. The lowest BCUT2D eigenvalue weighted by atomic mass is 9.85. The van der Waals surface area contributed by atoms with Gasteiger partial charge < -0.3 is 0 Å². The minimum Gasteiger partial charge on any atom is -0.260 e. The molecule has 22 heavy (non-hydrogen) atoms. The maximum atomic E-state index is 6.13. The van der Waals surface area contributed by atoms with Gasteiger partial charge in [-0.25, -0.2) is 0 Å². The van der Waals surface area contributed by atoms with Gasteiger partial charge in [0.1, 0.15) is 0 Å². The van der Waals surface area contributed by atoms with Crippen molar-refractivity contribution in [2.75, 3.05) is 0 Å². The topological polar surface area (TPSA) is 12.9 Å². The zero-order valence-corrected chi connectivity index (χ0v) is 12.9. The third kappa shape index (κ3) is 3.10. The van der Waals surface area contributed by atoms with Crippen molar-refractivity contribution in [3.8, 4) is 0 Å². The Bertz CT molecular complexity index is 726. The fraction of sp³-hybridized carbons (Fsp3) is 0.0500. The number of pyridine rings is 1. The molecule has 0 aliphatic rings. The van der Waals surface area contributed by atoms with E-state index in [-0.39, 0.29) is 5.92 Å². The average Bonchev–Trinajstić information content (AvgIpc) is 2.57. The molecule has 0 unspecified atom stereocenters. The van der Waals surface area contributed by atoms with Crippen molar-refractivity contribution in [3.05, 3.63) is 107 Å². The van der Waals surface area contributed by atoms with Gasteiger partial charge in [0.05, 0.1) is 11.6 Å². The summed E-state index contributed by atoms with van der Waals surface area (Å²) >= 11 is 6.13. The van der Waals surface area contributed by atoms with E-state index in [0.29, 0.717) is 5.02 Å². The minimum absolute atomic E-state index is 0.0147. The molecule has 0 saturated carbocycles. The molecule has 2 heteroatoms. The molecular weight excluding hydrogens is 290 g/mol. The van der Waals surface area contributed by atoms with E-state index in [9.17, 15) is 0 Å². The van der Waals surface area contributed by atoms with Crippen LogP contribution in [-0.2, 0) is 0 Å². The van der Waals surface area contributed by atoms with Crippen LogP contribution in [0.5, 0.6) is 0 Å². The highest BCUT2D eigenvalue weighted by Gasteiger charge is 2.20. The third-order valence-corrected chi connectivity index (χ3v) is 3.90. The molecule has 1 aromatic heterocycles. The number of aromatic nitrogens is 1. The van der Waals surface area contributed by atoms with E-state index < -0.39 is 0 Å². The Hall–Kier alpha value is -2.38. The number of hydrogen-bond donors (Lipinski definition) is 0. The van der Waals surface area contributed by atoms with Crippen LogP contribution in [0.3, 0.4) is 0 Å². The van der Waals surface area contributed by atoms with Crippen LogP contribution in [0.25, 0.3) is 5.57 Å². The number of allylic oxidation sites excluding steroid dienone is 1. The standard InChI is InChI=1S/C20H16ClN/c1-15(17-10-7-11-18(21)14-17)20(16-8-3-2-4-9-16)19-12-5-6-13-22-19/h2-14,20H,1H2/t20-/m0/s1. The second kappa shape index (κ2) is 6.59. The third-order valence-electron chi connectivity index (χ3n) is 3.66. The van der Waals surface area contributed by atoms with Crippen molar-refractivity contribution in [2.24, 2.45) is 0 Å². The van der Waals surface area contributed by atoms with Crippen LogP contribution in [0, 0.1) is 0 Å². The van der Waals surface area contributed by atoms with Crippen LogP contribution >= 0.6 is 11.6 Å². The molecule has 0 N–H and O–H groups in total. The normalized spacial score (nSPS) is 11.9. The first-order chi connectivity index (χ1) is 10.8. The Labute approximate surface area is 135 Å². The highest BCUT2D eigenvalue weighted by molar-refractivity contribution is 6.30. The summed E-state index contributed by atoms with van der Waals surface area (Å²) in [5.41, 5.74) is 4.18. The lowest BCUT2D eigenvalue weighted by molar-refractivity contribution is 0.973. The molecule has 1 heterocycles. The van der Waals surface area contributed by atoms with Gasteiger partial charge in [-0.3, -0.25) is 4.98 Å². The Kier molecular flexibility index (Phi) is 4.36. The summed E-state index contributed by atoms with van der Waals surface area (Å²) in [5.74, 6) is 0.0147. The molecule has 0 spiro atoms. The van der Waals surface area contributed by atoms with Crippen LogP contribution in [0.2, 0.25) is 5.02 Å². The van der Waals surface area contributed by atoms with Gasteiger partial charge in [0.2, 0.25) is 0 Å². The van der Waals surface area contributed by atoms with E-state index in [4.69, 9.17) is 11.6 Å². The van der Waals surface area contributed by atoms with Crippen LogP contribution in [0.1, 0.15) is 22.7 Å². The first-order valence-electron chi connectivity index (χ1n) is 7.16. The molecule has 2 aromatic carbocycles. The first kappa shape index (κ1) is 14.6. The Morgan fingerprint density at radius 3 is 2.36 bits per heavy atom. The number of hydrogen-bond acceptors (Lipinski definition) is 1. The molecule has 1 nitrogen and oxygen atoms in total. The molecule has 0 aliphatic heterocycles. The van der Waals surface area contributed by atoms with E-state index in [1.165, 1.54) is 5.56 Å². The van der Waals surface area contributed by atoms with E-state index in [2.05, 4.69) is 23.7 Å². The first-order valence-corrected chi connectivity index (χ1v) is 7.54. The molecule has 3 aromatic rings. The van der Waals surface area contributed by atoms with Gasteiger partial charge in [-0.15, -0.1) is 0 Å². The van der Waals surface area contributed by atoms with Crippen LogP contribution in [-0.4, -0.2) is 4.98 Å². The number of halogens is 1. The van der Waals surface area contributed by atoms with Crippen molar-refractivity contribution >= 4 is 17.2 Å². The second-order valence-corrected chi connectivity index (χ2v) is 5.57. The lowest BCUT2D eigenvalue weighted by Gasteiger charge is -2.20.